The summed E-state index contributed by atoms with van der Waals surface area (Å²) in [6.07, 6.45) is 1.30. The highest BCUT2D eigenvalue weighted by atomic mass is 16.5. The molecule has 0 aliphatic heterocycles. The van der Waals surface area contributed by atoms with Crippen molar-refractivity contribution in [3.05, 3.63) is 28.8 Å². The van der Waals surface area contributed by atoms with Gasteiger partial charge in [0.05, 0.1) is 0 Å². The molecule has 0 aliphatic carbocycles. The summed E-state index contributed by atoms with van der Waals surface area (Å²) >= 11 is 0. The van der Waals surface area contributed by atoms with Gasteiger partial charge in [-0.2, -0.15) is 0 Å². The Kier molecular flexibility index (Phi) is 3.89. The van der Waals surface area contributed by atoms with Crippen molar-refractivity contribution in [3.8, 4) is 5.75 Å². The van der Waals surface area contributed by atoms with Crippen LogP contribution in [0.4, 0.5) is 0 Å². The van der Waals surface area contributed by atoms with E-state index < -0.39 is 0 Å². The molecule has 0 aliphatic rings. The van der Waals surface area contributed by atoms with E-state index in [4.69, 9.17) is 4.74 Å². The summed E-state index contributed by atoms with van der Waals surface area (Å²) in [6.45, 7) is 8.01. The van der Waals surface area contributed by atoms with Crippen molar-refractivity contribution in [2.24, 2.45) is 0 Å². The molecule has 1 aromatic rings. The van der Waals surface area contributed by atoms with Crippen molar-refractivity contribution >= 4 is 5.97 Å². The van der Waals surface area contributed by atoms with Gasteiger partial charge in [-0.25, -0.2) is 0 Å². The first-order valence-electron chi connectivity index (χ1n) is 5.39. The van der Waals surface area contributed by atoms with Crippen LogP contribution < -0.4 is 4.74 Å². The van der Waals surface area contributed by atoms with Gasteiger partial charge in [0.25, 0.3) is 0 Å². The van der Waals surface area contributed by atoms with Gasteiger partial charge >= 0.3 is 5.97 Å². The molecular weight excluding hydrogens is 188 g/mol. The first kappa shape index (κ1) is 11.8. The fraction of sp³-hybridized carbons (Fsp3) is 0.462. The summed E-state index contributed by atoms with van der Waals surface area (Å²) < 4.78 is 5.28. The van der Waals surface area contributed by atoms with Crippen molar-refractivity contribution in [1.29, 1.82) is 0 Å². The van der Waals surface area contributed by atoms with Crippen molar-refractivity contribution in [2.75, 3.05) is 0 Å². The van der Waals surface area contributed by atoms with E-state index in [2.05, 4.69) is 20.8 Å². The highest BCUT2D eigenvalue weighted by Crippen LogP contribution is 2.25. The summed E-state index contributed by atoms with van der Waals surface area (Å²) in [7, 11) is 0. The average Bonchev–Trinajstić information content (AvgIpc) is 2.24. The molecule has 0 saturated heterocycles. The third-order valence-corrected chi connectivity index (χ3v) is 2.69. The van der Waals surface area contributed by atoms with Crippen LogP contribution in [0.3, 0.4) is 0 Å². The Hall–Kier alpha value is -1.31. The normalized spacial score (nSPS) is 10.1. The summed E-state index contributed by atoms with van der Waals surface area (Å²) in [5, 5.41) is 0. The number of carbonyl (C=O) groups excluding carboxylic acids is 1. The summed E-state index contributed by atoms with van der Waals surface area (Å²) in [4.78, 5) is 11.2. The molecule has 0 saturated carbocycles. The minimum Gasteiger partial charge on any atom is -0.426 e. The smallest absolute Gasteiger partial charge is 0.310 e. The van der Waals surface area contributed by atoms with E-state index >= 15 is 0 Å². The topological polar surface area (TPSA) is 26.3 Å². The Bertz CT molecular complexity index is 367. The van der Waals surface area contributed by atoms with Crippen LogP contribution in [-0.4, -0.2) is 5.97 Å². The maximum atomic E-state index is 11.2. The molecule has 15 heavy (non-hydrogen) atoms. The number of hydrogen-bond acceptors (Lipinski definition) is 2. The number of benzene rings is 1. The maximum Gasteiger partial charge on any atom is 0.310 e. The monoisotopic (exact) mass is 206 g/mol. The molecule has 0 fully saturated rings. The third-order valence-electron chi connectivity index (χ3n) is 2.69. The average molecular weight is 206 g/mol. The molecule has 1 rings (SSSR count). The van der Waals surface area contributed by atoms with Crippen LogP contribution in [-0.2, 0) is 11.2 Å². The minimum absolute atomic E-state index is 0.173. The number of rotatable bonds is 3. The van der Waals surface area contributed by atoms with E-state index in [9.17, 15) is 4.79 Å². The predicted molar refractivity (Wildman–Crippen MR) is 61.2 cm³/mol. The Morgan fingerprint density at radius 2 is 1.93 bits per heavy atom. The molecule has 0 aromatic heterocycles. The Labute approximate surface area is 91.3 Å². The van der Waals surface area contributed by atoms with Crippen LogP contribution in [0.25, 0.3) is 0 Å². The largest absolute Gasteiger partial charge is 0.426 e. The van der Waals surface area contributed by atoms with Gasteiger partial charge < -0.3 is 4.74 Å². The lowest BCUT2D eigenvalue weighted by molar-refractivity contribution is -0.134. The van der Waals surface area contributed by atoms with E-state index in [0.717, 1.165) is 12.0 Å². The van der Waals surface area contributed by atoms with Crippen LogP contribution in [0, 0.1) is 13.8 Å². The second-order valence-electron chi connectivity index (χ2n) is 3.67. The molecule has 2 heteroatoms. The molecule has 0 unspecified atom stereocenters. The van der Waals surface area contributed by atoms with Gasteiger partial charge in [-0.3, -0.25) is 4.79 Å². The fourth-order valence-corrected chi connectivity index (χ4v) is 1.58. The third kappa shape index (κ3) is 2.58. The number of hydrogen-bond donors (Lipinski definition) is 0. The Morgan fingerprint density at radius 3 is 2.47 bits per heavy atom. The maximum absolute atomic E-state index is 11.2. The van der Waals surface area contributed by atoms with Gasteiger partial charge in [0, 0.05) is 6.42 Å². The van der Waals surface area contributed by atoms with Gasteiger partial charge in [-0.1, -0.05) is 19.9 Å². The van der Waals surface area contributed by atoms with Crippen LogP contribution in [0.1, 0.15) is 37.0 Å². The molecule has 0 heterocycles. The summed E-state index contributed by atoms with van der Waals surface area (Å²) in [5.41, 5.74) is 3.60. The van der Waals surface area contributed by atoms with Crippen LogP contribution >= 0.6 is 0 Å². The van der Waals surface area contributed by atoms with Crippen molar-refractivity contribution < 1.29 is 9.53 Å². The fourth-order valence-electron chi connectivity index (χ4n) is 1.58. The minimum atomic E-state index is -0.173. The highest BCUT2D eigenvalue weighted by Gasteiger charge is 2.10. The summed E-state index contributed by atoms with van der Waals surface area (Å²) in [6, 6.07) is 3.88. The molecule has 0 bridgehead atoms. The molecule has 0 amide bonds. The first-order valence-corrected chi connectivity index (χ1v) is 5.39. The molecule has 0 atom stereocenters. The van der Waals surface area contributed by atoms with Gasteiger partial charge in [-0.15, -0.1) is 0 Å². The van der Waals surface area contributed by atoms with Crippen LogP contribution in [0.15, 0.2) is 12.1 Å². The summed E-state index contributed by atoms with van der Waals surface area (Å²) in [5.74, 6) is 0.542. The number of esters is 1. The van der Waals surface area contributed by atoms with Gasteiger partial charge in [0.15, 0.2) is 0 Å². The molecule has 0 radical (unpaired) electrons. The van der Waals surface area contributed by atoms with E-state index in [-0.39, 0.29) is 5.97 Å². The quantitative estimate of drug-likeness (QED) is 0.561. The number of aryl methyl sites for hydroxylation is 1. The molecule has 2 nitrogen and oxygen atoms in total. The van der Waals surface area contributed by atoms with Crippen LogP contribution in [0.2, 0.25) is 0 Å². The van der Waals surface area contributed by atoms with E-state index in [0.29, 0.717) is 12.2 Å². The van der Waals surface area contributed by atoms with Gasteiger partial charge in [-0.05, 0) is 43.0 Å². The predicted octanol–water partition coefficient (Wildman–Crippen LogP) is 3.18. The zero-order valence-electron chi connectivity index (χ0n) is 9.89. The van der Waals surface area contributed by atoms with Gasteiger partial charge in [0.2, 0.25) is 0 Å². The lowest BCUT2D eigenvalue weighted by Gasteiger charge is -2.12. The van der Waals surface area contributed by atoms with Crippen molar-refractivity contribution in [3.63, 3.8) is 0 Å². The Morgan fingerprint density at radius 1 is 1.27 bits per heavy atom. The SMILES string of the molecule is CCC(=O)Oc1ccc(C)c(C)c1CC. The highest BCUT2D eigenvalue weighted by molar-refractivity contribution is 5.72. The molecule has 82 valence electrons. The van der Waals surface area contributed by atoms with Crippen molar-refractivity contribution in [2.45, 2.75) is 40.5 Å². The van der Waals surface area contributed by atoms with Crippen LogP contribution in [0.5, 0.6) is 5.75 Å². The Balaban J connectivity index is 3.07. The van der Waals surface area contributed by atoms with Gasteiger partial charge in [0.1, 0.15) is 5.75 Å². The van der Waals surface area contributed by atoms with Crippen molar-refractivity contribution in [1.82, 2.24) is 0 Å². The number of carbonyl (C=O) groups is 1. The zero-order chi connectivity index (χ0) is 11.4. The van der Waals surface area contributed by atoms with E-state index in [1.165, 1.54) is 11.1 Å². The molecular formula is C13H18O2. The standard InChI is InChI=1S/C13H18O2/c1-5-11-10(4)9(3)7-8-12(11)15-13(14)6-2/h7-8H,5-6H2,1-4H3. The second-order valence-corrected chi connectivity index (χ2v) is 3.67. The van der Waals surface area contributed by atoms with E-state index in [1.54, 1.807) is 6.92 Å². The molecule has 0 N–H and O–H groups in total. The first-order chi connectivity index (χ1) is 7.10. The molecule has 1 aromatic carbocycles. The van der Waals surface area contributed by atoms with E-state index in [1.807, 2.05) is 12.1 Å². The zero-order valence-corrected chi connectivity index (χ0v) is 9.89. The lowest BCUT2D eigenvalue weighted by Crippen LogP contribution is -2.08. The second kappa shape index (κ2) is 4.96. The molecule has 0 spiro atoms. The number of ether oxygens (including phenoxy) is 1. The lowest BCUT2D eigenvalue weighted by atomic mass is 10.0.